The van der Waals surface area contributed by atoms with Gasteiger partial charge in [0.2, 0.25) is 5.96 Å². The van der Waals surface area contributed by atoms with Crippen LogP contribution in [0.25, 0.3) is 120 Å². The summed E-state index contributed by atoms with van der Waals surface area (Å²) in [5, 5.41) is 6.94. The molecule has 0 atom stereocenters. The first-order valence-corrected chi connectivity index (χ1v) is 27.4. The smallest absolute Gasteiger partial charge is 0.236 e. The molecule has 0 N–H and O–H groups in total. The van der Waals surface area contributed by atoms with E-state index in [2.05, 4.69) is 247 Å². The van der Waals surface area contributed by atoms with Gasteiger partial charge in [-0.05, 0) is 102 Å². The molecule has 4 aromatic heterocycles. The van der Waals surface area contributed by atoms with E-state index in [1.54, 1.807) is 0 Å². The lowest BCUT2D eigenvalue weighted by atomic mass is 9.97. The van der Waals surface area contributed by atoms with Gasteiger partial charge in [-0.25, -0.2) is 20.0 Å². The molecule has 14 aromatic rings. The zero-order valence-corrected chi connectivity index (χ0v) is 43.5. The summed E-state index contributed by atoms with van der Waals surface area (Å²) in [6, 6.07) is 88.7. The van der Waals surface area contributed by atoms with Crippen molar-refractivity contribution in [2.24, 2.45) is 9.98 Å². The Morgan fingerprint density at radius 2 is 0.974 bits per heavy atom. The number of aromatic nitrogens is 4. The highest BCUT2D eigenvalue weighted by molar-refractivity contribution is 7.26. The van der Waals surface area contributed by atoms with E-state index in [1.807, 2.05) is 29.5 Å². The first kappa shape index (κ1) is 45.6. The van der Waals surface area contributed by atoms with Gasteiger partial charge in [0.1, 0.15) is 0 Å². The molecule has 368 valence electrons. The second-order valence-corrected chi connectivity index (χ2v) is 21.2. The van der Waals surface area contributed by atoms with E-state index in [-0.39, 0.29) is 0 Å². The van der Waals surface area contributed by atoms with Crippen molar-refractivity contribution in [3.8, 4) is 50.6 Å². The molecule has 10 aromatic carbocycles. The molecule has 7 heteroatoms. The molecule has 1 aliphatic rings. The van der Waals surface area contributed by atoms with Gasteiger partial charge in [0.25, 0.3) is 0 Å². The van der Waals surface area contributed by atoms with Crippen molar-refractivity contribution in [3.05, 3.63) is 265 Å². The number of thiophene rings is 1. The minimum atomic E-state index is 0.543. The molecule has 0 amide bonds. The summed E-state index contributed by atoms with van der Waals surface area (Å²) < 4.78 is 7.16. The van der Waals surface area contributed by atoms with E-state index < -0.39 is 0 Å². The number of rotatable bonds is 7. The molecular weight excluding hydrogens is 969 g/mol. The highest BCUT2D eigenvalue weighted by Crippen LogP contribution is 2.43. The van der Waals surface area contributed by atoms with Crippen LogP contribution in [0.3, 0.4) is 0 Å². The predicted octanol–water partition coefficient (Wildman–Crippen LogP) is 18.6. The Bertz CT molecular complexity index is 4760. The van der Waals surface area contributed by atoms with Crippen LogP contribution < -0.4 is 0 Å². The van der Waals surface area contributed by atoms with Gasteiger partial charge in [0.05, 0.1) is 39.0 Å². The van der Waals surface area contributed by atoms with Crippen molar-refractivity contribution in [1.82, 2.24) is 19.1 Å². The molecule has 78 heavy (non-hydrogen) atoms. The van der Waals surface area contributed by atoms with Crippen molar-refractivity contribution in [1.29, 1.82) is 0 Å². The minimum absolute atomic E-state index is 0.543. The molecule has 0 saturated heterocycles. The first-order valence-electron chi connectivity index (χ1n) is 26.6. The number of hydrogen-bond donors (Lipinski definition) is 0. The molecule has 0 radical (unpaired) electrons. The summed E-state index contributed by atoms with van der Waals surface area (Å²) in [4.78, 5) is 22.5. The van der Waals surface area contributed by atoms with E-state index in [0.29, 0.717) is 11.8 Å². The lowest BCUT2D eigenvalue weighted by Crippen LogP contribution is -2.16. The monoisotopic (exact) mass is 1020 g/mol. The molecule has 6 nitrogen and oxygen atoms in total. The van der Waals surface area contributed by atoms with Gasteiger partial charge < -0.3 is 4.57 Å². The molecule has 0 saturated carbocycles. The lowest BCUT2D eigenvalue weighted by molar-refractivity contribution is 0.996. The number of para-hydroxylation sites is 2. The van der Waals surface area contributed by atoms with Crippen LogP contribution in [-0.4, -0.2) is 30.8 Å². The third-order valence-electron chi connectivity index (χ3n) is 15.5. The lowest BCUT2D eigenvalue weighted by Gasteiger charge is -2.18. The zero-order valence-electron chi connectivity index (χ0n) is 42.7. The van der Waals surface area contributed by atoms with Gasteiger partial charge in [-0.15, -0.1) is 11.3 Å². The van der Waals surface area contributed by atoms with Gasteiger partial charge in [0, 0.05) is 58.7 Å². The molecule has 0 fully saturated rings. The fraction of sp³-hybridized carbons (Fsp3) is 0.0423. The second kappa shape index (κ2) is 18.8. The summed E-state index contributed by atoms with van der Waals surface area (Å²) in [5.41, 5.74) is 17.7. The maximum absolute atomic E-state index is 5.77. The average Bonchev–Trinajstić information content (AvgIpc) is 4.20. The Hall–Kier alpha value is -9.82. The topological polar surface area (TPSA) is 60.4 Å². The largest absolute Gasteiger partial charge is 0.309 e. The summed E-state index contributed by atoms with van der Waals surface area (Å²) in [5.74, 6) is 1.17. The van der Waals surface area contributed by atoms with Crippen LogP contribution in [0.1, 0.15) is 30.9 Å². The SMILES string of the molecule is C\C1=C(c2ccc(-c3cccc4c3sc3ccccc34)cc2)/N=C(n2c3ccc(-c4ccc5c(c4)c4ccccc4n5-c4ccccc4)cc3c3c(-c4ccccc4)nc(-c4ccccc4)nc32)\N=C(\c2ccccc2)CC1. The summed E-state index contributed by atoms with van der Waals surface area (Å²) in [7, 11) is 0. The van der Waals surface area contributed by atoms with Gasteiger partial charge in [-0.3, -0.25) is 4.57 Å². The third kappa shape index (κ3) is 7.69. The van der Waals surface area contributed by atoms with Crippen molar-refractivity contribution in [2.45, 2.75) is 19.8 Å². The Balaban J connectivity index is 0.969. The quantitative estimate of drug-likeness (QED) is 0.160. The van der Waals surface area contributed by atoms with Crippen molar-refractivity contribution in [3.63, 3.8) is 0 Å². The highest BCUT2D eigenvalue weighted by atomic mass is 32.1. The highest BCUT2D eigenvalue weighted by Gasteiger charge is 2.26. The van der Waals surface area contributed by atoms with E-state index in [4.69, 9.17) is 20.0 Å². The number of hydrogen-bond acceptors (Lipinski definition) is 5. The molecule has 0 unspecified atom stereocenters. The maximum atomic E-state index is 5.77. The third-order valence-corrected chi connectivity index (χ3v) is 16.7. The Morgan fingerprint density at radius 3 is 1.72 bits per heavy atom. The fourth-order valence-corrected chi connectivity index (χ4v) is 12.9. The number of allylic oxidation sites excluding steroid dienone is 1. The number of aliphatic imine (C=N–C) groups is 2. The van der Waals surface area contributed by atoms with Gasteiger partial charge in [-0.1, -0.05) is 200 Å². The van der Waals surface area contributed by atoms with Crippen LogP contribution in [0, 0.1) is 0 Å². The van der Waals surface area contributed by atoms with Gasteiger partial charge in [0.15, 0.2) is 11.5 Å². The number of fused-ring (bicyclic) bond motifs is 9. The summed E-state index contributed by atoms with van der Waals surface area (Å²) >= 11 is 1.86. The van der Waals surface area contributed by atoms with Crippen LogP contribution in [-0.2, 0) is 0 Å². The standard InChI is InChI=1S/C71H48N6S/c1-45-33-40-60(47-19-6-2-7-20-47)72-71(74-66(45)49-36-34-46(35-37-49)54-29-18-30-57-56-28-15-17-32-64(56)78-68(54)57)77-63-42-39-52(51-38-41-62-58(43-51)55-27-14-16-31-61(55)76(62)53-25-12-5-13-26-53)44-59(63)65-67(48-21-8-3-9-22-48)73-69(75-70(65)77)50-23-10-4-11-24-50/h2-32,34-39,41-44H,33,40H2,1H3/b66-45+,72-60+,74-71+. The molecule has 0 aliphatic carbocycles. The van der Waals surface area contributed by atoms with E-state index in [1.165, 1.54) is 53.2 Å². The van der Waals surface area contributed by atoms with Crippen molar-refractivity contribution in [2.75, 3.05) is 0 Å². The second-order valence-electron chi connectivity index (χ2n) is 20.1. The Labute approximate surface area is 454 Å². The van der Waals surface area contributed by atoms with Crippen molar-refractivity contribution >= 4 is 92.6 Å². The number of nitrogens with zero attached hydrogens (tertiary/aromatic N) is 6. The average molecular weight is 1020 g/mol. The van der Waals surface area contributed by atoms with Crippen LogP contribution >= 0.6 is 11.3 Å². The normalized spacial score (nSPS) is 15.4. The zero-order chi connectivity index (χ0) is 51.7. The fourth-order valence-electron chi connectivity index (χ4n) is 11.7. The maximum Gasteiger partial charge on any atom is 0.236 e. The molecule has 5 heterocycles. The van der Waals surface area contributed by atoms with E-state index >= 15 is 0 Å². The Morgan fingerprint density at radius 1 is 0.397 bits per heavy atom. The molecule has 1 aliphatic heterocycles. The van der Waals surface area contributed by atoms with Crippen LogP contribution in [0.4, 0.5) is 0 Å². The van der Waals surface area contributed by atoms with Crippen LogP contribution in [0.5, 0.6) is 0 Å². The molecule has 15 rings (SSSR count). The molecule has 0 spiro atoms. The first-order chi connectivity index (χ1) is 38.6. The minimum Gasteiger partial charge on any atom is -0.309 e. The predicted molar refractivity (Wildman–Crippen MR) is 328 cm³/mol. The number of benzene rings is 10. The Kier molecular flexibility index (Phi) is 11.0. The molecular formula is C71H48N6S. The van der Waals surface area contributed by atoms with Crippen molar-refractivity contribution < 1.29 is 0 Å². The molecule has 0 bridgehead atoms. The van der Waals surface area contributed by atoms with Crippen LogP contribution in [0.2, 0.25) is 0 Å². The van der Waals surface area contributed by atoms with Crippen LogP contribution in [0.15, 0.2) is 264 Å². The van der Waals surface area contributed by atoms with Gasteiger partial charge >= 0.3 is 0 Å². The van der Waals surface area contributed by atoms with E-state index in [0.717, 1.165) is 96.5 Å². The summed E-state index contributed by atoms with van der Waals surface area (Å²) in [6.45, 7) is 2.23. The summed E-state index contributed by atoms with van der Waals surface area (Å²) in [6.07, 6.45) is 1.53. The van der Waals surface area contributed by atoms with E-state index in [9.17, 15) is 0 Å². The van der Waals surface area contributed by atoms with Gasteiger partial charge in [-0.2, -0.15) is 0 Å².